The maximum Gasteiger partial charge on any atom is 0.323 e. The van der Waals surface area contributed by atoms with Gasteiger partial charge in [0.1, 0.15) is 6.61 Å². The lowest BCUT2D eigenvalue weighted by Gasteiger charge is -2.11. The third-order valence-corrected chi connectivity index (χ3v) is 7.11. The maximum atomic E-state index is 14.3. The summed E-state index contributed by atoms with van der Waals surface area (Å²) in [7, 11) is 0. The number of esters is 1. The number of nitrogens with zero attached hydrogens (tertiary/aromatic N) is 1. The van der Waals surface area contributed by atoms with E-state index in [4.69, 9.17) is 10.5 Å². The van der Waals surface area contributed by atoms with Crippen LogP contribution < -0.4 is 16.4 Å². The number of hydrogen-bond acceptors (Lipinski definition) is 5. The molecule has 0 radical (unpaired) electrons. The lowest BCUT2D eigenvalue weighted by atomic mass is 9.98. The fourth-order valence-electron chi connectivity index (χ4n) is 5.07. The van der Waals surface area contributed by atoms with E-state index in [1.807, 2.05) is 24.3 Å². The standard InChI is InChI=1S/C30H28F2N4O4.ClH/c31-24-13-23-26(35-30(39)34-21-11-9-19(10-12-21)18-5-1-2-6-18)16-36(27(23)14-25(24)32)29(38)22-8-4-3-7-20(22)17-40-28(37)15-33;/h3-4,7-14,16,18H,1-2,5-6,15,17,33H2,(H2,34,35,39);1H. The van der Waals surface area contributed by atoms with E-state index in [1.54, 1.807) is 18.2 Å². The van der Waals surface area contributed by atoms with Crippen LogP contribution >= 0.6 is 12.4 Å². The van der Waals surface area contributed by atoms with Crippen molar-refractivity contribution in [1.29, 1.82) is 0 Å². The summed E-state index contributed by atoms with van der Waals surface area (Å²) < 4.78 is 34.7. The molecule has 1 saturated carbocycles. The van der Waals surface area contributed by atoms with Gasteiger partial charge in [0.05, 0.1) is 17.7 Å². The number of carbonyl (C=O) groups is 3. The molecule has 0 unspecified atom stereocenters. The summed E-state index contributed by atoms with van der Waals surface area (Å²) in [6.07, 6.45) is 6.08. The summed E-state index contributed by atoms with van der Waals surface area (Å²) in [5.41, 5.74) is 7.81. The normalized spacial score (nSPS) is 13.0. The molecule has 0 atom stereocenters. The number of aromatic nitrogens is 1. The second-order valence-corrected chi connectivity index (χ2v) is 9.71. The van der Waals surface area contributed by atoms with E-state index in [2.05, 4.69) is 10.6 Å². The minimum Gasteiger partial charge on any atom is -0.460 e. The van der Waals surface area contributed by atoms with Crippen molar-refractivity contribution >= 4 is 52.6 Å². The van der Waals surface area contributed by atoms with Crippen LogP contribution in [0, 0.1) is 11.6 Å². The summed E-state index contributed by atoms with van der Waals surface area (Å²) >= 11 is 0. The predicted molar refractivity (Wildman–Crippen MR) is 154 cm³/mol. The first-order valence-corrected chi connectivity index (χ1v) is 13.0. The van der Waals surface area contributed by atoms with Crippen molar-refractivity contribution in [3.05, 3.63) is 95.2 Å². The number of carbonyl (C=O) groups excluding carboxylic acids is 3. The first-order chi connectivity index (χ1) is 19.3. The second kappa shape index (κ2) is 12.9. The summed E-state index contributed by atoms with van der Waals surface area (Å²) in [5.74, 6) is -2.97. The summed E-state index contributed by atoms with van der Waals surface area (Å²) in [6.45, 7) is -0.516. The van der Waals surface area contributed by atoms with E-state index >= 15 is 0 Å². The largest absolute Gasteiger partial charge is 0.460 e. The molecule has 0 spiro atoms. The molecule has 0 bridgehead atoms. The quantitative estimate of drug-likeness (QED) is 0.220. The van der Waals surface area contributed by atoms with Gasteiger partial charge in [0.25, 0.3) is 5.91 Å². The van der Waals surface area contributed by atoms with Gasteiger partial charge in [0.15, 0.2) is 11.6 Å². The van der Waals surface area contributed by atoms with E-state index in [0.29, 0.717) is 17.2 Å². The zero-order chi connectivity index (χ0) is 28.2. The minimum absolute atomic E-state index is 0. The Morgan fingerprint density at radius 3 is 2.34 bits per heavy atom. The highest BCUT2D eigenvalue weighted by Gasteiger charge is 2.22. The van der Waals surface area contributed by atoms with Gasteiger partial charge in [-0.1, -0.05) is 43.2 Å². The van der Waals surface area contributed by atoms with Crippen LogP contribution in [0.15, 0.2) is 66.9 Å². The molecule has 0 saturated heterocycles. The summed E-state index contributed by atoms with van der Waals surface area (Å²) in [5, 5.41) is 5.51. The molecule has 1 heterocycles. The van der Waals surface area contributed by atoms with Crippen molar-refractivity contribution in [2.24, 2.45) is 5.73 Å². The van der Waals surface area contributed by atoms with Gasteiger partial charge >= 0.3 is 12.0 Å². The Bertz CT molecular complexity index is 1580. The molecule has 8 nitrogen and oxygen atoms in total. The molecule has 0 aliphatic heterocycles. The molecule has 3 aromatic carbocycles. The topological polar surface area (TPSA) is 115 Å². The van der Waals surface area contributed by atoms with E-state index in [-0.39, 0.29) is 47.7 Å². The van der Waals surface area contributed by atoms with Crippen molar-refractivity contribution < 1.29 is 27.9 Å². The molecule has 214 valence electrons. The van der Waals surface area contributed by atoms with Crippen LogP contribution in [0.4, 0.5) is 25.0 Å². The Morgan fingerprint density at radius 1 is 0.951 bits per heavy atom. The van der Waals surface area contributed by atoms with Crippen molar-refractivity contribution in [3.8, 4) is 0 Å². The van der Waals surface area contributed by atoms with E-state index in [1.165, 1.54) is 30.7 Å². The van der Waals surface area contributed by atoms with E-state index in [9.17, 15) is 23.2 Å². The third-order valence-electron chi connectivity index (χ3n) is 7.11. The average molecular weight is 583 g/mol. The first kappa shape index (κ1) is 29.7. The highest BCUT2D eigenvalue weighted by Crippen LogP contribution is 2.34. The first-order valence-electron chi connectivity index (χ1n) is 13.0. The predicted octanol–water partition coefficient (Wildman–Crippen LogP) is 6.33. The fourth-order valence-corrected chi connectivity index (χ4v) is 5.07. The molecule has 41 heavy (non-hydrogen) atoms. The lowest BCUT2D eigenvalue weighted by molar-refractivity contribution is -0.143. The Balaban J connectivity index is 0.00000387. The lowest BCUT2D eigenvalue weighted by Crippen LogP contribution is -2.19. The molecule has 1 aliphatic rings. The average Bonchev–Trinajstić information content (AvgIpc) is 3.61. The monoisotopic (exact) mass is 582 g/mol. The van der Waals surface area contributed by atoms with Gasteiger partial charge in [-0.3, -0.25) is 14.2 Å². The Morgan fingerprint density at radius 2 is 1.63 bits per heavy atom. The number of benzene rings is 3. The Kier molecular flexibility index (Phi) is 9.36. The zero-order valence-corrected chi connectivity index (χ0v) is 22.8. The van der Waals surface area contributed by atoms with Gasteiger partial charge in [-0.15, -0.1) is 12.4 Å². The van der Waals surface area contributed by atoms with Crippen LogP contribution in [-0.4, -0.2) is 29.0 Å². The fraction of sp³-hybridized carbons (Fsp3) is 0.233. The van der Waals surface area contributed by atoms with Crippen molar-refractivity contribution in [2.75, 3.05) is 17.2 Å². The van der Waals surface area contributed by atoms with Gasteiger partial charge in [-0.05, 0) is 48.6 Å². The number of ether oxygens (including phenoxy) is 1. The minimum atomic E-state index is -1.15. The van der Waals surface area contributed by atoms with Gasteiger partial charge in [0, 0.05) is 34.5 Å². The highest BCUT2D eigenvalue weighted by atomic mass is 35.5. The summed E-state index contributed by atoms with van der Waals surface area (Å²) in [6, 6.07) is 15.3. The molecule has 4 N–H and O–H groups in total. The molecule has 1 fully saturated rings. The Labute approximate surface area is 241 Å². The van der Waals surface area contributed by atoms with Gasteiger partial charge < -0.3 is 21.1 Å². The number of nitrogens with two attached hydrogens (primary N) is 1. The third kappa shape index (κ3) is 6.55. The van der Waals surface area contributed by atoms with Crippen LogP contribution in [0.25, 0.3) is 10.9 Å². The van der Waals surface area contributed by atoms with Crippen LogP contribution in [0.2, 0.25) is 0 Å². The zero-order valence-electron chi connectivity index (χ0n) is 22.0. The summed E-state index contributed by atoms with van der Waals surface area (Å²) in [4.78, 5) is 38.0. The number of halogens is 3. The molecular weight excluding hydrogens is 554 g/mol. The van der Waals surface area contributed by atoms with Crippen molar-refractivity contribution in [3.63, 3.8) is 0 Å². The molecule has 2 amide bonds. The van der Waals surface area contributed by atoms with Crippen LogP contribution in [0.1, 0.15) is 53.1 Å². The smallest absolute Gasteiger partial charge is 0.323 e. The molecule has 1 aromatic heterocycles. The maximum absolute atomic E-state index is 14.3. The highest BCUT2D eigenvalue weighted by molar-refractivity contribution is 6.10. The van der Waals surface area contributed by atoms with E-state index in [0.717, 1.165) is 29.5 Å². The van der Waals surface area contributed by atoms with Gasteiger partial charge in [-0.25, -0.2) is 13.6 Å². The molecule has 11 heteroatoms. The number of urea groups is 1. The molecular formula is C30H29ClF2N4O4. The van der Waals surface area contributed by atoms with Gasteiger partial charge in [-0.2, -0.15) is 0 Å². The van der Waals surface area contributed by atoms with Crippen LogP contribution in [0.3, 0.4) is 0 Å². The van der Waals surface area contributed by atoms with Gasteiger partial charge in [0.2, 0.25) is 0 Å². The molecule has 1 aliphatic carbocycles. The Hall–Kier alpha value is -4.28. The molecule has 5 rings (SSSR count). The van der Waals surface area contributed by atoms with Crippen molar-refractivity contribution in [2.45, 2.75) is 38.2 Å². The number of fused-ring (bicyclic) bond motifs is 1. The number of anilines is 2. The van der Waals surface area contributed by atoms with Crippen LogP contribution in [-0.2, 0) is 16.1 Å². The number of amides is 2. The van der Waals surface area contributed by atoms with E-state index < -0.39 is 29.5 Å². The molecule has 4 aromatic rings. The van der Waals surface area contributed by atoms with Crippen molar-refractivity contribution in [1.82, 2.24) is 4.57 Å². The number of nitrogens with one attached hydrogen (secondary N) is 2. The number of rotatable bonds is 7. The SMILES string of the molecule is Cl.NCC(=O)OCc1ccccc1C(=O)n1cc(NC(=O)Nc2ccc(C3CCCC3)cc2)c2cc(F)c(F)cc21. The van der Waals surface area contributed by atoms with Crippen LogP contribution in [0.5, 0.6) is 0 Å². The second-order valence-electron chi connectivity index (χ2n) is 9.71. The number of hydrogen-bond donors (Lipinski definition) is 3.